The van der Waals surface area contributed by atoms with Gasteiger partial charge in [-0.15, -0.1) is 0 Å². The van der Waals surface area contributed by atoms with Crippen LogP contribution < -0.4 is 25.3 Å². The molecule has 2 N–H and O–H groups in total. The van der Waals surface area contributed by atoms with Gasteiger partial charge in [0.1, 0.15) is 11.6 Å². The molecule has 0 radical (unpaired) electrons. The van der Waals surface area contributed by atoms with Crippen molar-refractivity contribution in [3.8, 4) is 0 Å². The molecule has 0 spiro atoms. The van der Waals surface area contributed by atoms with E-state index in [1.807, 2.05) is 12.1 Å². The SMILES string of the molecule is S=C(NCC1(c2cccc(Cl)c2)CCOCC1)Nc1nc(N2CCN(c3ccccc3)CC2)cc(N2Cc3ccccc3C2)n1. The lowest BCUT2D eigenvalue weighted by Crippen LogP contribution is -2.47. The maximum Gasteiger partial charge on any atom is 0.232 e. The average Bonchev–Trinajstić information content (AvgIpc) is 3.53. The topological polar surface area (TPSA) is 68.8 Å². The number of nitrogens with zero attached hydrogens (tertiary/aromatic N) is 5. The summed E-state index contributed by atoms with van der Waals surface area (Å²) >= 11 is 12.2. The van der Waals surface area contributed by atoms with E-state index in [1.165, 1.54) is 22.4 Å². The Morgan fingerprint density at radius 2 is 1.42 bits per heavy atom. The van der Waals surface area contributed by atoms with Crippen molar-refractivity contribution >= 4 is 52.2 Å². The fourth-order valence-electron chi connectivity index (χ4n) is 6.67. The van der Waals surface area contributed by atoms with Gasteiger partial charge in [-0.1, -0.05) is 66.2 Å². The number of thiocarbonyl (C=S) groups is 1. The van der Waals surface area contributed by atoms with Gasteiger partial charge in [0.25, 0.3) is 0 Å². The minimum absolute atomic E-state index is 0.123. The first kappa shape index (κ1) is 29.8. The minimum atomic E-state index is -0.123. The second-order valence-electron chi connectivity index (χ2n) is 12.1. The summed E-state index contributed by atoms with van der Waals surface area (Å²) in [6.07, 6.45) is 1.78. The van der Waals surface area contributed by atoms with E-state index in [1.54, 1.807) is 0 Å². The molecular weight excluding hydrogens is 602 g/mol. The van der Waals surface area contributed by atoms with Crippen molar-refractivity contribution in [2.24, 2.45) is 0 Å². The number of rotatable bonds is 7. The number of anilines is 4. The van der Waals surface area contributed by atoms with Crippen molar-refractivity contribution in [2.45, 2.75) is 31.3 Å². The van der Waals surface area contributed by atoms with Gasteiger partial charge in [0.05, 0.1) is 0 Å². The summed E-state index contributed by atoms with van der Waals surface area (Å²) in [4.78, 5) is 17.1. The smallest absolute Gasteiger partial charge is 0.232 e. The number of ether oxygens (including phenoxy) is 1. The first-order valence-electron chi connectivity index (χ1n) is 15.7. The number of hydrogen-bond acceptors (Lipinski definition) is 7. The third kappa shape index (κ3) is 6.71. The second-order valence-corrected chi connectivity index (χ2v) is 12.9. The molecule has 3 aliphatic heterocycles. The zero-order chi connectivity index (χ0) is 30.6. The van der Waals surface area contributed by atoms with Crippen molar-refractivity contribution < 1.29 is 4.74 Å². The van der Waals surface area contributed by atoms with E-state index >= 15 is 0 Å². The lowest BCUT2D eigenvalue weighted by Gasteiger charge is -2.38. The summed E-state index contributed by atoms with van der Waals surface area (Å²) in [5.41, 5.74) is 5.02. The van der Waals surface area contributed by atoms with Gasteiger partial charge in [-0.3, -0.25) is 0 Å². The van der Waals surface area contributed by atoms with Crippen LogP contribution in [0.3, 0.4) is 0 Å². The molecule has 0 unspecified atom stereocenters. The lowest BCUT2D eigenvalue weighted by molar-refractivity contribution is 0.0515. The molecule has 8 nitrogen and oxygen atoms in total. The number of halogens is 1. The fourth-order valence-corrected chi connectivity index (χ4v) is 7.03. The Bertz CT molecular complexity index is 1620. The van der Waals surface area contributed by atoms with Gasteiger partial charge >= 0.3 is 0 Å². The highest BCUT2D eigenvalue weighted by Crippen LogP contribution is 2.36. The molecule has 1 aromatic heterocycles. The molecule has 3 aliphatic rings. The number of fused-ring (bicyclic) bond motifs is 1. The van der Waals surface area contributed by atoms with Gasteiger partial charge in [0.2, 0.25) is 5.95 Å². The average molecular weight is 640 g/mol. The largest absolute Gasteiger partial charge is 0.381 e. The van der Waals surface area contributed by atoms with Gasteiger partial charge in [0.15, 0.2) is 5.11 Å². The predicted octanol–water partition coefficient (Wildman–Crippen LogP) is 6.01. The first-order chi connectivity index (χ1) is 22.0. The van der Waals surface area contributed by atoms with Gasteiger partial charge in [0, 0.05) is 81.2 Å². The molecule has 10 heteroatoms. The Morgan fingerprint density at radius 3 is 2.11 bits per heavy atom. The zero-order valence-electron chi connectivity index (χ0n) is 25.3. The Labute approximate surface area is 275 Å². The van der Waals surface area contributed by atoms with Crippen LogP contribution in [0.25, 0.3) is 0 Å². The maximum atomic E-state index is 6.40. The molecule has 0 atom stereocenters. The minimum Gasteiger partial charge on any atom is -0.381 e. The Balaban J connectivity index is 1.09. The molecule has 2 fully saturated rings. The van der Waals surface area contributed by atoms with Crippen LogP contribution in [0.5, 0.6) is 0 Å². The third-order valence-corrected chi connectivity index (χ3v) is 9.77. The third-order valence-electron chi connectivity index (χ3n) is 9.29. The molecule has 2 saturated heterocycles. The van der Waals surface area contributed by atoms with Gasteiger partial charge in [-0.2, -0.15) is 9.97 Å². The summed E-state index contributed by atoms with van der Waals surface area (Å²) < 4.78 is 5.73. The fraction of sp³-hybridized carbons (Fsp3) is 0.343. The van der Waals surface area contributed by atoms with Crippen molar-refractivity contribution in [1.29, 1.82) is 0 Å². The summed E-state index contributed by atoms with van der Waals surface area (Å²) in [6, 6.07) is 29.5. The molecule has 0 saturated carbocycles. The molecule has 232 valence electrons. The molecule has 4 heterocycles. The van der Waals surface area contributed by atoms with Crippen LogP contribution in [0.4, 0.5) is 23.3 Å². The first-order valence-corrected chi connectivity index (χ1v) is 16.5. The van der Waals surface area contributed by atoms with Gasteiger partial charge in [-0.25, -0.2) is 0 Å². The molecule has 3 aromatic carbocycles. The quantitative estimate of drug-likeness (QED) is 0.237. The van der Waals surface area contributed by atoms with Gasteiger partial charge in [-0.05, 0) is 66.0 Å². The number of para-hydroxylation sites is 1. The monoisotopic (exact) mass is 639 g/mol. The van der Waals surface area contributed by atoms with Crippen LogP contribution in [0.1, 0.15) is 29.5 Å². The number of nitrogens with one attached hydrogen (secondary N) is 2. The Hall–Kier alpha value is -3.92. The van der Waals surface area contributed by atoms with E-state index in [4.69, 9.17) is 38.5 Å². The summed E-state index contributed by atoms with van der Waals surface area (Å²) in [7, 11) is 0. The zero-order valence-corrected chi connectivity index (χ0v) is 26.9. The Morgan fingerprint density at radius 1 is 0.778 bits per heavy atom. The van der Waals surface area contributed by atoms with Crippen LogP contribution >= 0.6 is 23.8 Å². The van der Waals surface area contributed by atoms with Crippen LogP contribution in [-0.4, -0.2) is 61.0 Å². The number of aromatic nitrogens is 2. The van der Waals surface area contributed by atoms with E-state index in [0.29, 0.717) is 30.8 Å². The molecule has 45 heavy (non-hydrogen) atoms. The molecule has 0 aliphatic carbocycles. The Kier molecular flexibility index (Phi) is 8.74. The molecule has 0 bridgehead atoms. The normalized spacial score (nSPS) is 17.6. The summed E-state index contributed by atoms with van der Waals surface area (Å²) in [6.45, 7) is 7.32. The van der Waals surface area contributed by atoms with Crippen molar-refractivity contribution in [2.75, 3.05) is 66.0 Å². The van der Waals surface area contributed by atoms with Gasteiger partial charge < -0.3 is 30.1 Å². The van der Waals surface area contributed by atoms with Crippen molar-refractivity contribution in [3.05, 3.63) is 107 Å². The number of piperazine rings is 1. The van der Waals surface area contributed by atoms with E-state index < -0.39 is 0 Å². The maximum absolute atomic E-state index is 6.40. The number of benzene rings is 3. The lowest BCUT2D eigenvalue weighted by atomic mass is 9.74. The molecule has 4 aromatic rings. The standard InChI is InChI=1S/C35H38ClN7OS/c36-29-10-6-9-28(21-29)35(13-19-44-20-14-35)25-37-34(45)40-33-38-31(42-17-15-41(16-18-42)30-11-2-1-3-12-30)22-32(39-33)43-23-26-7-4-5-8-27(26)24-43/h1-12,21-22H,13-20,23-25H2,(H2,37,38,39,40,45). The summed E-state index contributed by atoms with van der Waals surface area (Å²) in [5, 5.41) is 8.08. The van der Waals surface area contributed by atoms with Crippen molar-refractivity contribution in [3.63, 3.8) is 0 Å². The molecule has 7 rings (SSSR count). The van der Waals surface area contributed by atoms with Crippen LogP contribution in [0, 0.1) is 0 Å². The highest BCUT2D eigenvalue weighted by molar-refractivity contribution is 7.80. The molecular formula is C35H38ClN7OS. The van der Waals surface area contributed by atoms with Crippen LogP contribution in [-0.2, 0) is 23.2 Å². The number of hydrogen-bond donors (Lipinski definition) is 2. The highest BCUT2D eigenvalue weighted by Gasteiger charge is 2.35. The predicted molar refractivity (Wildman–Crippen MR) is 187 cm³/mol. The summed E-state index contributed by atoms with van der Waals surface area (Å²) in [5.74, 6) is 2.31. The van der Waals surface area contributed by atoms with Crippen LogP contribution in [0.15, 0.2) is 84.9 Å². The van der Waals surface area contributed by atoms with Crippen LogP contribution in [0.2, 0.25) is 5.02 Å². The van der Waals surface area contributed by atoms with E-state index in [-0.39, 0.29) is 5.41 Å². The molecule has 0 amide bonds. The van der Waals surface area contributed by atoms with Crippen molar-refractivity contribution in [1.82, 2.24) is 15.3 Å². The highest BCUT2D eigenvalue weighted by atomic mass is 35.5. The van der Waals surface area contributed by atoms with E-state index in [2.05, 4.69) is 98.1 Å². The van der Waals surface area contributed by atoms with E-state index in [9.17, 15) is 0 Å². The van der Waals surface area contributed by atoms with E-state index in [0.717, 1.165) is 68.8 Å². The second kappa shape index (κ2) is 13.2.